The van der Waals surface area contributed by atoms with Crippen LogP contribution in [0, 0.1) is 0 Å². The van der Waals surface area contributed by atoms with Crippen LogP contribution < -0.4 is 10.2 Å². The number of carboxylic acid groups (broad SMARTS) is 1. The molecule has 1 heterocycles. The number of rotatable bonds is 12. The Morgan fingerprint density at radius 3 is 2.27 bits per heavy atom. The van der Waals surface area contributed by atoms with Gasteiger partial charge in [-0.15, -0.1) is 0 Å². The highest BCUT2D eigenvalue weighted by Crippen LogP contribution is 2.25. The molecule has 1 fully saturated rings. The highest BCUT2D eigenvalue weighted by atomic mass is 16.4. The summed E-state index contributed by atoms with van der Waals surface area (Å²) in [5.41, 5.74) is 1.32. The van der Waals surface area contributed by atoms with Crippen LogP contribution in [0.1, 0.15) is 40.5 Å². The maximum absolute atomic E-state index is 13.1. The highest BCUT2D eigenvalue weighted by molar-refractivity contribution is 6.06. The van der Waals surface area contributed by atoms with E-state index in [1.54, 1.807) is 19.2 Å². The van der Waals surface area contributed by atoms with Gasteiger partial charge in [0.25, 0.3) is 5.91 Å². The van der Waals surface area contributed by atoms with Crippen molar-refractivity contribution in [3.8, 4) is 0 Å². The van der Waals surface area contributed by atoms with Gasteiger partial charge in [-0.05, 0) is 32.6 Å². The Morgan fingerprint density at radius 2 is 1.76 bits per heavy atom. The molecule has 1 aliphatic heterocycles. The Labute approximate surface area is 217 Å². The van der Waals surface area contributed by atoms with Gasteiger partial charge in [-0.25, -0.2) is 0 Å². The third-order valence-electron chi connectivity index (χ3n) is 5.92. The molecule has 3 amide bonds. The van der Waals surface area contributed by atoms with Gasteiger partial charge in [0.1, 0.15) is 12.3 Å². The van der Waals surface area contributed by atoms with Crippen molar-refractivity contribution in [1.29, 1.82) is 0 Å². The van der Waals surface area contributed by atoms with Crippen LogP contribution in [-0.2, 0) is 19.2 Å². The molecule has 37 heavy (non-hydrogen) atoms. The van der Waals surface area contributed by atoms with E-state index < -0.39 is 23.8 Å². The molecular formula is C25H37N5O7. The van der Waals surface area contributed by atoms with Crippen LogP contribution in [0.2, 0.25) is 0 Å². The first-order chi connectivity index (χ1) is 17.6. The number of piperazine rings is 1. The van der Waals surface area contributed by atoms with Gasteiger partial charge in [0.15, 0.2) is 6.29 Å². The van der Waals surface area contributed by atoms with Gasteiger partial charge in [-0.3, -0.25) is 34.2 Å². The molecule has 1 aromatic carbocycles. The summed E-state index contributed by atoms with van der Waals surface area (Å²) < 4.78 is 0. The third kappa shape index (κ3) is 9.73. The zero-order valence-electron chi connectivity index (χ0n) is 21.9. The average molecular weight is 520 g/mol. The van der Waals surface area contributed by atoms with Gasteiger partial charge in [0.2, 0.25) is 12.3 Å². The van der Waals surface area contributed by atoms with E-state index in [2.05, 4.69) is 15.1 Å². The number of amides is 3. The number of hydrogen-bond donors (Lipinski definition) is 2. The predicted molar refractivity (Wildman–Crippen MR) is 138 cm³/mol. The summed E-state index contributed by atoms with van der Waals surface area (Å²) >= 11 is 0. The zero-order valence-corrected chi connectivity index (χ0v) is 21.9. The van der Waals surface area contributed by atoms with E-state index >= 15 is 0 Å². The number of benzene rings is 1. The summed E-state index contributed by atoms with van der Waals surface area (Å²) in [6, 6.07) is 4.41. The number of imide groups is 1. The molecule has 2 rings (SSSR count). The molecule has 0 bridgehead atoms. The van der Waals surface area contributed by atoms with Gasteiger partial charge in [-0.2, -0.15) is 0 Å². The van der Waals surface area contributed by atoms with Crippen molar-refractivity contribution < 1.29 is 33.9 Å². The van der Waals surface area contributed by atoms with Crippen molar-refractivity contribution in [2.75, 3.05) is 65.3 Å². The lowest BCUT2D eigenvalue weighted by molar-refractivity contribution is -0.138. The Morgan fingerprint density at radius 1 is 1.11 bits per heavy atom. The second-order valence-corrected chi connectivity index (χ2v) is 8.75. The molecule has 0 aromatic heterocycles. The van der Waals surface area contributed by atoms with E-state index in [4.69, 9.17) is 5.11 Å². The highest BCUT2D eigenvalue weighted by Gasteiger charge is 2.29. The summed E-state index contributed by atoms with van der Waals surface area (Å²) in [5, 5.41) is 10.3. The van der Waals surface area contributed by atoms with Crippen molar-refractivity contribution in [1.82, 2.24) is 20.0 Å². The van der Waals surface area contributed by atoms with Crippen LogP contribution in [-0.4, -0.2) is 123 Å². The lowest BCUT2D eigenvalue weighted by Crippen LogP contribution is -2.48. The molecule has 12 nitrogen and oxygen atoms in total. The number of aliphatic carboxylic acids is 1. The third-order valence-corrected chi connectivity index (χ3v) is 5.92. The fourth-order valence-electron chi connectivity index (χ4n) is 3.87. The minimum Gasteiger partial charge on any atom is -0.480 e. The number of likely N-dealkylation sites (N-methyl/N-ethyl adjacent to an activating group) is 3. The van der Waals surface area contributed by atoms with Crippen molar-refractivity contribution in [2.45, 2.75) is 25.8 Å². The minimum atomic E-state index is -0.917. The second kappa shape index (κ2) is 16.2. The minimum absolute atomic E-state index is 0.0846. The maximum Gasteiger partial charge on any atom is 0.317 e. The van der Waals surface area contributed by atoms with Gasteiger partial charge < -0.3 is 24.6 Å². The molecule has 1 aromatic rings. The first-order valence-corrected chi connectivity index (χ1v) is 12.0. The van der Waals surface area contributed by atoms with E-state index in [0.29, 0.717) is 37.4 Å². The van der Waals surface area contributed by atoms with E-state index in [9.17, 15) is 28.8 Å². The number of aldehydes is 2. The van der Waals surface area contributed by atoms with Crippen LogP contribution in [0.5, 0.6) is 0 Å². The first-order valence-electron chi connectivity index (χ1n) is 12.0. The molecule has 2 N–H and O–H groups in total. The SMILES string of the molecule is CCCC(C(=O)NC=O)N(C)C(=O)c1cccc(N2CCN(C)CC2)c1C=O.CN(CC=O)CC(=O)O. The monoisotopic (exact) mass is 519 g/mol. The Hall–Kier alpha value is -3.64. The number of carbonyl (C=O) groups is 6. The second-order valence-electron chi connectivity index (χ2n) is 8.75. The van der Waals surface area contributed by atoms with E-state index in [-0.39, 0.29) is 18.7 Å². The van der Waals surface area contributed by atoms with Gasteiger partial charge >= 0.3 is 5.97 Å². The standard InChI is InChI=1S/C20H28N4O4.C5H9NO3/c1-4-6-18(19(27)21-14-26)23(3)20(28)15-7-5-8-17(16(15)13-25)24-11-9-22(2)10-12-24;1-6(2-3-7)4-5(8)9/h5,7-8,13-14,18H,4,6,9-12H2,1-3H3,(H,21,26,27);3H,2,4H2,1H3,(H,8,9). The summed E-state index contributed by atoms with van der Waals surface area (Å²) in [4.78, 5) is 74.5. The Bertz CT molecular complexity index is 947. The summed E-state index contributed by atoms with van der Waals surface area (Å²) in [5.74, 6) is -1.87. The molecule has 1 aliphatic rings. The normalized spacial score (nSPS) is 14.1. The molecule has 12 heteroatoms. The Kier molecular flexibility index (Phi) is 13.7. The van der Waals surface area contributed by atoms with Crippen LogP contribution >= 0.6 is 0 Å². The van der Waals surface area contributed by atoms with E-state index in [1.807, 2.05) is 20.0 Å². The lowest BCUT2D eigenvalue weighted by atomic mass is 10.0. The predicted octanol–water partition coefficient (Wildman–Crippen LogP) is -0.0341. The molecule has 1 atom stereocenters. The largest absolute Gasteiger partial charge is 0.480 e. The summed E-state index contributed by atoms with van der Waals surface area (Å²) in [6.45, 7) is 5.27. The van der Waals surface area contributed by atoms with Crippen LogP contribution in [0.15, 0.2) is 18.2 Å². The van der Waals surface area contributed by atoms with Gasteiger partial charge in [-0.1, -0.05) is 19.4 Å². The summed E-state index contributed by atoms with van der Waals surface area (Å²) in [7, 11) is 5.14. The van der Waals surface area contributed by atoms with Crippen LogP contribution in [0.4, 0.5) is 5.69 Å². The van der Waals surface area contributed by atoms with Crippen molar-refractivity contribution >= 4 is 42.5 Å². The quantitative estimate of drug-likeness (QED) is 0.361. The summed E-state index contributed by atoms with van der Waals surface area (Å²) in [6.07, 6.45) is 2.76. The fraction of sp³-hybridized carbons (Fsp3) is 0.520. The van der Waals surface area contributed by atoms with Crippen molar-refractivity contribution in [3.63, 3.8) is 0 Å². The number of carboxylic acids is 1. The molecule has 0 saturated carbocycles. The fourth-order valence-corrected chi connectivity index (χ4v) is 3.87. The van der Waals surface area contributed by atoms with Crippen LogP contribution in [0.25, 0.3) is 0 Å². The Balaban J connectivity index is 0.000000649. The van der Waals surface area contributed by atoms with Gasteiger partial charge in [0.05, 0.1) is 24.2 Å². The molecular weight excluding hydrogens is 482 g/mol. The van der Waals surface area contributed by atoms with Crippen molar-refractivity contribution in [2.24, 2.45) is 0 Å². The smallest absolute Gasteiger partial charge is 0.317 e. The number of nitrogens with zero attached hydrogens (tertiary/aromatic N) is 4. The molecule has 1 unspecified atom stereocenters. The number of anilines is 1. The molecule has 0 aliphatic carbocycles. The molecule has 1 saturated heterocycles. The number of carbonyl (C=O) groups excluding carboxylic acids is 5. The molecule has 0 radical (unpaired) electrons. The first kappa shape index (κ1) is 31.4. The number of hydrogen-bond acceptors (Lipinski definition) is 9. The maximum atomic E-state index is 13.1. The van der Waals surface area contributed by atoms with Crippen molar-refractivity contribution in [3.05, 3.63) is 29.3 Å². The molecule has 0 spiro atoms. The number of nitrogens with one attached hydrogen (secondary N) is 1. The van der Waals surface area contributed by atoms with Gasteiger partial charge in [0, 0.05) is 38.9 Å². The van der Waals surface area contributed by atoms with E-state index in [0.717, 1.165) is 31.9 Å². The lowest BCUT2D eigenvalue weighted by Gasteiger charge is -2.35. The average Bonchev–Trinajstić information content (AvgIpc) is 2.86. The van der Waals surface area contributed by atoms with Crippen LogP contribution in [0.3, 0.4) is 0 Å². The molecule has 204 valence electrons. The van der Waals surface area contributed by atoms with E-state index in [1.165, 1.54) is 16.8 Å². The zero-order chi connectivity index (χ0) is 28.0. The topological polar surface area (TPSA) is 148 Å².